The second-order valence-electron chi connectivity index (χ2n) is 5.49. The zero-order chi connectivity index (χ0) is 18.9. The van der Waals surface area contributed by atoms with E-state index in [1.165, 1.54) is 0 Å². The number of ether oxygens (including phenoxy) is 2. The van der Waals surface area contributed by atoms with Crippen molar-refractivity contribution < 1.29 is 31.1 Å². The van der Waals surface area contributed by atoms with Crippen molar-refractivity contribution in [1.29, 1.82) is 0 Å². The van der Waals surface area contributed by atoms with Gasteiger partial charge in [0.1, 0.15) is 12.7 Å². The molecule has 0 fully saturated rings. The van der Waals surface area contributed by atoms with Gasteiger partial charge in [0.05, 0.1) is 17.0 Å². The monoisotopic (exact) mass is 407 g/mol. The molecule has 0 saturated heterocycles. The van der Waals surface area contributed by atoms with Gasteiger partial charge in [0.2, 0.25) is 10.0 Å². The lowest BCUT2D eigenvalue weighted by Gasteiger charge is -2.26. The molecule has 0 saturated carbocycles. The predicted octanol–water partition coefficient (Wildman–Crippen LogP) is 3.48. The average molecular weight is 408 g/mol. The number of hydrogen-bond acceptors (Lipinski definition) is 4. The van der Waals surface area contributed by atoms with Crippen LogP contribution in [0.1, 0.15) is 5.56 Å². The molecule has 1 aliphatic rings. The zero-order valence-electron chi connectivity index (χ0n) is 13.1. The molecule has 0 aliphatic carbocycles. The van der Waals surface area contributed by atoms with Crippen LogP contribution in [0.25, 0.3) is 0 Å². The first-order valence-corrected chi connectivity index (χ1v) is 9.28. The van der Waals surface area contributed by atoms with Gasteiger partial charge in [-0.15, -0.1) is 0 Å². The molecule has 2 aromatic rings. The topological polar surface area (TPSA) is 64.6 Å². The van der Waals surface area contributed by atoms with Crippen molar-refractivity contribution in [2.75, 3.05) is 13.2 Å². The van der Waals surface area contributed by atoms with Gasteiger partial charge in [-0.05, 0) is 30.3 Å². The van der Waals surface area contributed by atoms with E-state index in [2.05, 4.69) is 4.72 Å². The smallest absolute Gasteiger partial charge is 0.417 e. The Bertz CT molecular complexity index is 918. The average Bonchev–Trinajstić information content (AvgIpc) is 2.59. The van der Waals surface area contributed by atoms with Gasteiger partial charge in [-0.3, -0.25) is 0 Å². The van der Waals surface area contributed by atoms with E-state index < -0.39 is 32.8 Å². The molecular weight excluding hydrogens is 395 g/mol. The van der Waals surface area contributed by atoms with Crippen LogP contribution in [0.2, 0.25) is 5.02 Å². The summed E-state index contributed by atoms with van der Waals surface area (Å²) in [6, 6.07) is 9.30. The molecular formula is C16H13ClF3NO4S. The van der Waals surface area contributed by atoms with Crippen LogP contribution in [0.3, 0.4) is 0 Å². The molecule has 1 unspecified atom stereocenters. The van der Waals surface area contributed by atoms with E-state index in [1.807, 2.05) is 0 Å². The van der Waals surface area contributed by atoms with Gasteiger partial charge in [-0.1, -0.05) is 23.7 Å². The van der Waals surface area contributed by atoms with E-state index in [4.69, 9.17) is 21.1 Å². The van der Waals surface area contributed by atoms with E-state index >= 15 is 0 Å². The van der Waals surface area contributed by atoms with Crippen molar-refractivity contribution in [3.8, 4) is 11.5 Å². The number of fused-ring (bicyclic) bond motifs is 1. The Labute approximate surface area is 152 Å². The summed E-state index contributed by atoms with van der Waals surface area (Å²) in [5.41, 5.74) is -1.33. The molecule has 26 heavy (non-hydrogen) atoms. The van der Waals surface area contributed by atoms with Crippen molar-refractivity contribution in [3.05, 3.63) is 53.1 Å². The zero-order valence-corrected chi connectivity index (χ0v) is 14.7. The Morgan fingerprint density at radius 3 is 2.54 bits per heavy atom. The Morgan fingerprint density at radius 1 is 1.15 bits per heavy atom. The number of hydrogen-bond donors (Lipinski definition) is 1. The van der Waals surface area contributed by atoms with Crippen LogP contribution < -0.4 is 14.2 Å². The quantitative estimate of drug-likeness (QED) is 0.842. The second-order valence-corrected chi connectivity index (χ2v) is 7.66. The van der Waals surface area contributed by atoms with Crippen molar-refractivity contribution in [2.24, 2.45) is 0 Å². The maximum atomic E-state index is 13.1. The highest BCUT2D eigenvalue weighted by atomic mass is 35.5. The molecule has 1 N–H and O–H groups in total. The van der Waals surface area contributed by atoms with Crippen molar-refractivity contribution in [2.45, 2.75) is 17.2 Å². The largest absolute Gasteiger partial charge is 0.486 e. The minimum Gasteiger partial charge on any atom is -0.486 e. The van der Waals surface area contributed by atoms with Crippen LogP contribution in [0.15, 0.2) is 47.4 Å². The lowest BCUT2D eigenvalue weighted by molar-refractivity contribution is -0.139. The first-order chi connectivity index (χ1) is 12.2. The standard InChI is InChI=1S/C16H13ClF3NO4S/c17-10-5-6-15(12(7-10)16(18,19)20)26(22,23)21-8-11-9-24-13-3-1-2-4-14(13)25-11/h1-7,11,21H,8-9H2. The molecule has 1 heterocycles. The fourth-order valence-corrected chi connectivity index (χ4v) is 3.85. The fourth-order valence-electron chi connectivity index (χ4n) is 2.40. The molecule has 1 atom stereocenters. The summed E-state index contributed by atoms with van der Waals surface area (Å²) in [4.78, 5) is -0.897. The molecule has 0 radical (unpaired) electrons. The SMILES string of the molecule is O=S(=O)(NCC1COc2ccccc2O1)c1ccc(Cl)cc1C(F)(F)F. The first kappa shape index (κ1) is 18.8. The minimum absolute atomic E-state index is 0.0618. The normalized spacial score (nSPS) is 17.2. The Balaban J connectivity index is 1.77. The molecule has 10 heteroatoms. The third-order valence-corrected chi connectivity index (χ3v) is 5.32. The first-order valence-electron chi connectivity index (χ1n) is 7.42. The molecule has 0 aromatic heterocycles. The van der Waals surface area contributed by atoms with Crippen LogP contribution in [-0.4, -0.2) is 27.7 Å². The van der Waals surface area contributed by atoms with Crippen molar-refractivity contribution in [3.63, 3.8) is 0 Å². The number of para-hydroxylation sites is 2. The van der Waals surface area contributed by atoms with Crippen LogP contribution in [0.5, 0.6) is 11.5 Å². The van der Waals surface area contributed by atoms with Crippen LogP contribution in [0.4, 0.5) is 13.2 Å². The molecule has 0 bridgehead atoms. The highest BCUT2D eigenvalue weighted by Gasteiger charge is 2.37. The Hall–Kier alpha value is -1.97. The number of nitrogens with one attached hydrogen (secondary N) is 1. The summed E-state index contributed by atoms with van der Waals surface area (Å²) in [5, 5.41) is -0.211. The van der Waals surface area contributed by atoms with Gasteiger partial charge >= 0.3 is 6.18 Å². The summed E-state index contributed by atoms with van der Waals surface area (Å²) < 4.78 is 77.2. The predicted molar refractivity (Wildman–Crippen MR) is 88.0 cm³/mol. The summed E-state index contributed by atoms with van der Waals surface area (Å²) in [6.07, 6.45) is -5.54. The fraction of sp³-hybridized carbons (Fsp3) is 0.250. The molecule has 140 valence electrons. The number of sulfonamides is 1. The lowest BCUT2D eigenvalue weighted by atomic mass is 10.2. The summed E-state index contributed by atoms with van der Waals surface area (Å²) in [6.45, 7) is -0.192. The maximum Gasteiger partial charge on any atom is 0.417 e. The number of halogens is 4. The highest BCUT2D eigenvalue weighted by Crippen LogP contribution is 2.36. The van der Waals surface area contributed by atoms with E-state index in [0.717, 1.165) is 12.1 Å². The minimum atomic E-state index is -4.86. The number of alkyl halides is 3. The molecule has 3 rings (SSSR count). The third kappa shape index (κ3) is 4.05. The molecule has 5 nitrogen and oxygen atoms in total. The molecule has 2 aromatic carbocycles. The Morgan fingerprint density at radius 2 is 1.85 bits per heavy atom. The van der Waals surface area contributed by atoms with E-state index in [1.54, 1.807) is 24.3 Å². The van der Waals surface area contributed by atoms with E-state index in [0.29, 0.717) is 17.6 Å². The summed E-state index contributed by atoms with van der Waals surface area (Å²) in [5.74, 6) is 0.953. The number of benzene rings is 2. The lowest BCUT2D eigenvalue weighted by Crippen LogP contribution is -2.41. The van der Waals surface area contributed by atoms with Gasteiger partial charge < -0.3 is 9.47 Å². The molecule has 1 aliphatic heterocycles. The highest BCUT2D eigenvalue weighted by molar-refractivity contribution is 7.89. The van der Waals surface area contributed by atoms with Gasteiger partial charge in [0.25, 0.3) is 0 Å². The Kier molecular flexibility index (Phi) is 5.05. The van der Waals surface area contributed by atoms with Crippen molar-refractivity contribution in [1.82, 2.24) is 4.72 Å². The van der Waals surface area contributed by atoms with Crippen molar-refractivity contribution >= 4 is 21.6 Å². The van der Waals surface area contributed by atoms with Gasteiger partial charge in [0, 0.05) is 5.02 Å². The third-order valence-electron chi connectivity index (χ3n) is 3.61. The van der Waals surface area contributed by atoms with E-state index in [9.17, 15) is 21.6 Å². The second kappa shape index (κ2) is 6.98. The van der Waals surface area contributed by atoms with Crippen LogP contribution >= 0.6 is 11.6 Å². The number of rotatable bonds is 4. The van der Waals surface area contributed by atoms with Gasteiger partial charge in [-0.2, -0.15) is 13.2 Å². The molecule has 0 amide bonds. The van der Waals surface area contributed by atoms with Gasteiger partial charge in [-0.25, -0.2) is 13.1 Å². The summed E-state index contributed by atoms with van der Waals surface area (Å²) in [7, 11) is -4.43. The molecule has 0 spiro atoms. The van der Waals surface area contributed by atoms with Gasteiger partial charge in [0.15, 0.2) is 11.5 Å². The maximum absolute atomic E-state index is 13.1. The van der Waals surface area contributed by atoms with E-state index in [-0.39, 0.29) is 18.2 Å². The van der Waals surface area contributed by atoms with Crippen LogP contribution in [-0.2, 0) is 16.2 Å². The summed E-state index contributed by atoms with van der Waals surface area (Å²) >= 11 is 5.57. The van der Waals surface area contributed by atoms with Crippen LogP contribution in [0, 0.1) is 0 Å².